The molecule has 0 saturated carbocycles. The van der Waals surface area contributed by atoms with Gasteiger partial charge >= 0.3 is 5.97 Å². The molecule has 1 aliphatic rings. The molecular weight excluding hydrogens is 158 g/mol. The van der Waals surface area contributed by atoms with Crippen molar-refractivity contribution in [2.24, 2.45) is 5.73 Å². The molecule has 4 heteroatoms. The summed E-state index contributed by atoms with van der Waals surface area (Å²) in [6.45, 7) is 0.704. The van der Waals surface area contributed by atoms with Gasteiger partial charge in [-0.05, 0) is 19.3 Å². The van der Waals surface area contributed by atoms with Crippen LogP contribution in [0.4, 0.5) is 0 Å². The van der Waals surface area contributed by atoms with Crippen molar-refractivity contribution in [2.75, 3.05) is 13.7 Å². The van der Waals surface area contributed by atoms with Crippen molar-refractivity contribution >= 4 is 5.97 Å². The molecule has 2 N–H and O–H groups in total. The van der Waals surface area contributed by atoms with E-state index in [0.29, 0.717) is 6.61 Å². The van der Waals surface area contributed by atoms with E-state index in [1.807, 2.05) is 0 Å². The summed E-state index contributed by atoms with van der Waals surface area (Å²) in [5, 5.41) is 0. The van der Waals surface area contributed by atoms with E-state index in [9.17, 15) is 4.79 Å². The average Bonchev–Trinajstić information content (AvgIpc) is 2.17. The van der Waals surface area contributed by atoms with Gasteiger partial charge in [-0.1, -0.05) is 0 Å². The van der Waals surface area contributed by atoms with E-state index in [1.165, 1.54) is 7.11 Å². The lowest BCUT2D eigenvalue weighted by Gasteiger charge is -2.25. The van der Waals surface area contributed by atoms with Crippen LogP contribution in [0.15, 0.2) is 0 Å². The second kappa shape index (κ2) is 4.42. The summed E-state index contributed by atoms with van der Waals surface area (Å²) in [4.78, 5) is 11.0. The lowest BCUT2D eigenvalue weighted by molar-refractivity contribution is -0.147. The second-order valence-corrected chi connectivity index (χ2v) is 2.95. The van der Waals surface area contributed by atoms with Crippen molar-refractivity contribution in [1.29, 1.82) is 0 Å². The molecule has 0 spiro atoms. The van der Waals surface area contributed by atoms with Gasteiger partial charge in [-0.15, -0.1) is 0 Å². The van der Waals surface area contributed by atoms with Gasteiger partial charge in [-0.3, -0.25) is 4.79 Å². The van der Waals surface area contributed by atoms with E-state index in [-0.39, 0.29) is 12.1 Å². The minimum absolute atomic E-state index is 0.147. The summed E-state index contributed by atoms with van der Waals surface area (Å²) < 4.78 is 9.86. The first kappa shape index (κ1) is 9.48. The van der Waals surface area contributed by atoms with Crippen LogP contribution in [-0.2, 0) is 14.3 Å². The van der Waals surface area contributed by atoms with Crippen LogP contribution in [0.3, 0.4) is 0 Å². The zero-order valence-corrected chi connectivity index (χ0v) is 7.29. The second-order valence-electron chi connectivity index (χ2n) is 2.95. The third-order valence-corrected chi connectivity index (χ3v) is 2.09. The monoisotopic (exact) mass is 173 g/mol. The number of hydrogen-bond acceptors (Lipinski definition) is 4. The van der Waals surface area contributed by atoms with E-state index in [1.54, 1.807) is 0 Å². The molecule has 0 aromatic heterocycles. The Bertz CT molecular complexity index is 154. The predicted octanol–water partition coefficient (Wildman–Crippen LogP) is 0.0558. The fourth-order valence-electron chi connectivity index (χ4n) is 1.34. The first-order chi connectivity index (χ1) is 5.75. The van der Waals surface area contributed by atoms with Crippen LogP contribution in [0.2, 0.25) is 0 Å². The summed E-state index contributed by atoms with van der Waals surface area (Å²) in [5.74, 6) is -0.387. The Morgan fingerprint density at radius 1 is 1.67 bits per heavy atom. The summed E-state index contributed by atoms with van der Waals surface area (Å²) in [6.07, 6.45) is 2.85. The minimum atomic E-state index is -0.615. The number of carbonyl (C=O) groups excluding carboxylic acids is 1. The van der Waals surface area contributed by atoms with E-state index in [2.05, 4.69) is 4.74 Å². The Balaban J connectivity index is 2.39. The molecule has 0 amide bonds. The van der Waals surface area contributed by atoms with Crippen molar-refractivity contribution in [3.8, 4) is 0 Å². The van der Waals surface area contributed by atoms with Gasteiger partial charge in [0.15, 0.2) is 0 Å². The Kier molecular flexibility index (Phi) is 3.49. The molecule has 2 atom stereocenters. The highest BCUT2D eigenvalue weighted by Crippen LogP contribution is 2.15. The highest BCUT2D eigenvalue weighted by molar-refractivity contribution is 5.76. The first-order valence-corrected chi connectivity index (χ1v) is 4.20. The summed E-state index contributed by atoms with van der Waals surface area (Å²) in [7, 11) is 1.34. The van der Waals surface area contributed by atoms with Crippen molar-refractivity contribution in [2.45, 2.75) is 31.4 Å². The average molecular weight is 173 g/mol. The Morgan fingerprint density at radius 3 is 2.92 bits per heavy atom. The number of nitrogens with two attached hydrogens (primary N) is 1. The Labute approximate surface area is 72.0 Å². The zero-order valence-electron chi connectivity index (χ0n) is 7.29. The maximum atomic E-state index is 11.0. The van der Waals surface area contributed by atoms with Crippen molar-refractivity contribution in [3.05, 3.63) is 0 Å². The third kappa shape index (κ3) is 2.19. The van der Waals surface area contributed by atoms with Gasteiger partial charge in [0.25, 0.3) is 0 Å². The highest BCUT2D eigenvalue weighted by Gasteiger charge is 2.27. The molecule has 1 aliphatic heterocycles. The number of hydrogen-bond donors (Lipinski definition) is 1. The van der Waals surface area contributed by atoms with Gasteiger partial charge in [0.05, 0.1) is 13.2 Å². The molecule has 2 unspecified atom stereocenters. The minimum Gasteiger partial charge on any atom is -0.468 e. The van der Waals surface area contributed by atoms with E-state index >= 15 is 0 Å². The van der Waals surface area contributed by atoms with Crippen molar-refractivity contribution in [1.82, 2.24) is 0 Å². The van der Waals surface area contributed by atoms with Crippen LogP contribution in [0, 0.1) is 0 Å². The van der Waals surface area contributed by atoms with Crippen molar-refractivity contribution in [3.63, 3.8) is 0 Å². The van der Waals surface area contributed by atoms with Crippen LogP contribution in [0.25, 0.3) is 0 Å². The van der Waals surface area contributed by atoms with Gasteiger partial charge in [0.1, 0.15) is 6.04 Å². The zero-order chi connectivity index (χ0) is 8.97. The quantitative estimate of drug-likeness (QED) is 0.600. The van der Waals surface area contributed by atoms with Gasteiger partial charge in [-0.25, -0.2) is 0 Å². The maximum Gasteiger partial charge on any atom is 0.325 e. The fraction of sp³-hybridized carbons (Fsp3) is 0.875. The molecule has 0 bridgehead atoms. The van der Waals surface area contributed by atoms with Crippen LogP contribution in [0.1, 0.15) is 19.3 Å². The molecule has 0 aliphatic carbocycles. The van der Waals surface area contributed by atoms with Crippen LogP contribution in [-0.4, -0.2) is 31.8 Å². The lowest BCUT2D eigenvalue weighted by Crippen LogP contribution is -2.45. The molecule has 1 heterocycles. The molecular formula is C8H15NO3. The Hall–Kier alpha value is -0.610. The van der Waals surface area contributed by atoms with Crippen molar-refractivity contribution < 1.29 is 14.3 Å². The number of carbonyl (C=O) groups is 1. The smallest absolute Gasteiger partial charge is 0.325 e. The van der Waals surface area contributed by atoms with Crippen LogP contribution in [0.5, 0.6) is 0 Å². The molecule has 0 aromatic carbocycles. The molecule has 1 fully saturated rings. The maximum absolute atomic E-state index is 11.0. The number of esters is 1. The lowest BCUT2D eigenvalue weighted by atomic mass is 10.0. The van der Waals surface area contributed by atoms with Crippen LogP contribution >= 0.6 is 0 Å². The molecule has 1 rings (SSSR count). The summed E-state index contributed by atoms with van der Waals surface area (Å²) in [5.41, 5.74) is 5.60. The highest BCUT2D eigenvalue weighted by atomic mass is 16.5. The predicted molar refractivity (Wildman–Crippen MR) is 43.6 cm³/mol. The molecule has 4 nitrogen and oxygen atoms in total. The van der Waals surface area contributed by atoms with Gasteiger partial charge < -0.3 is 15.2 Å². The number of methoxy groups -OCH3 is 1. The fourth-order valence-corrected chi connectivity index (χ4v) is 1.34. The van der Waals surface area contributed by atoms with E-state index in [0.717, 1.165) is 19.3 Å². The SMILES string of the molecule is COC(=O)C(N)C1CCCCO1. The molecule has 12 heavy (non-hydrogen) atoms. The number of rotatable bonds is 2. The topological polar surface area (TPSA) is 61.5 Å². The van der Waals surface area contributed by atoms with E-state index in [4.69, 9.17) is 10.5 Å². The standard InChI is InChI=1S/C8H15NO3/c1-11-8(10)7(9)6-4-2-3-5-12-6/h6-7H,2-5,9H2,1H3. The summed E-state index contributed by atoms with van der Waals surface area (Å²) in [6, 6.07) is -0.615. The molecule has 0 radical (unpaired) electrons. The molecule has 0 aromatic rings. The first-order valence-electron chi connectivity index (χ1n) is 4.20. The van der Waals surface area contributed by atoms with Gasteiger partial charge in [0.2, 0.25) is 0 Å². The van der Waals surface area contributed by atoms with Gasteiger partial charge in [-0.2, -0.15) is 0 Å². The normalized spacial score (nSPS) is 26.3. The number of ether oxygens (including phenoxy) is 2. The van der Waals surface area contributed by atoms with E-state index < -0.39 is 6.04 Å². The largest absolute Gasteiger partial charge is 0.468 e. The Morgan fingerprint density at radius 2 is 2.42 bits per heavy atom. The summed E-state index contributed by atoms with van der Waals surface area (Å²) >= 11 is 0. The molecule has 70 valence electrons. The molecule has 1 saturated heterocycles. The van der Waals surface area contributed by atoms with Gasteiger partial charge in [0, 0.05) is 6.61 Å². The van der Waals surface area contributed by atoms with Crippen LogP contribution < -0.4 is 5.73 Å². The third-order valence-electron chi connectivity index (χ3n) is 2.09.